The Balaban J connectivity index is 2.09. The standard InChI is InChI=1S/C8H12N2O6/c11-2-4-3(12)1-5(16-4)10-7(14)6(13)9-8(10)15/h3-5,7,11-12,14H,1-2H2,(H,9,13,15)/t3-,4+,5+,7?/m0/s1. The molecule has 0 bridgehead atoms. The normalized spacial score (nSPS) is 39.3. The number of nitrogens with zero attached hydrogens (tertiary/aromatic N) is 1. The van der Waals surface area contributed by atoms with Crippen molar-refractivity contribution >= 4 is 11.9 Å². The van der Waals surface area contributed by atoms with Crippen LogP contribution in [0.25, 0.3) is 0 Å². The largest absolute Gasteiger partial charge is 0.394 e. The summed E-state index contributed by atoms with van der Waals surface area (Å²) in [6.07, 6.45) is -4.20. The van der Waals surface area contributed by atoms with E-state index in [0.717, 1.165) is 4.90 Å². The van der Waals surface area contributed by atoms with E-state index in [1.165, 1.54) is 0 Å². The highest BCUT2D eigenvalue weighted by Crippen LogP contribution is 2.25. The molecule has 0 aliphatic carbocycles. The molecule has 4 atom stereocenters. The third kappa shape index (κ3) is 1.65. The summed E-state index contributed by atoms with van der Waals surface area (Å²) < 4.78 is 5.15. The fraction of sp³-hybridized carbons (Fsp3) is 0.750. The molecule has 8 nitrogen and oxygen atoms in total. The fourth-order valence-corrected chi connectivity index (χ4v) is 1.81. The SMILES string of the molecule is O=C1NC(=O)N([C@H]2C[C@H](O)[C@@H](CO)O2)C1O. The van der Waals surface area contributed by atoms with Crippen LogP contribution in [0.2, 0.25) is 0 Å². The quantitative estimate of drug-likeness (QED) is 0.385. The number of carbonyl (C=O) groups excluding carboxylic acids is 2. The van der Waals surface area contributed by atoms with Gasteiger partial charge in [0.1, 0.15) is 12.3 Å². The van der Waals surface area contributed by atoms with Crippen LogP contribution in [0.1, 0.15) is 6.42 Å². The number of amides is 3. The van der Waals surface area contributed by atoms with Gasteiger partial charge in [0.05, 0.1) is 12.7 Å². The van der Waals surface area contributed by atoms with E-state index in [0.29, 0.717) is 0 Å². The van der Waals surface area contributed by atoms with Crippen LogP contribution >= 0.6 is 0 Å². The molecule has 2 heterocycles. The van der Waals surface area contributed by atoms with Crippen molar-refractivity contribution in [2.45, 2.75) is 31.1 Å². The maximum atomic E-state index is 11.3. The summed E-state index contributed by atoms with van der Waals surface area (Å²) in [6, 6.07) is -0.770. The summed E-state index contributed by atoms with van der Waals surface area (Å²) in [5.41, 5.74) is 0. The molecular weight excluding hydrogens is 220 g/mol. The van der Waals surface area contributed by atoms with Crippen LogP contribution in [0.4, 0.5) is 4.79 Å². The lowest BCUT2D eigenvalue weighted by molar-refractivity contribution is -0.140. The number of aliphatic hydroxyl groups excluding tert-OH is 3. The van der Waals surface area contributed by atoms with Gasteiger partial charge < -0.3 is 20.1 Å². The zero-order chi connectivity index (χ0) is 11.9. The summed E-state index contributed by atoms with van der Waals surface area (Å²) in [5.74, 6) is -0.824. The van der Waals surface area contributed by atoms with Gasteiger partial charge in [-0.05, 0) is 0 Å². The van der Waals surface area contributed by atoms with Gasteiger partial charge in [-0.3, -0.25) is 15.0 Å². The maximum Gasteiger partial charge on any atom is 0.328 e. The molecule has 0 spiro atoms. The molecule has 2 rings (SSSR count). The van der Waals surface area contributed by atoms with Crippen molar-refractivity contribution < 1.29 is 29.6 Å². The van der Waals surface area contributed by atoms with E-state index in [-0.39, 0.29) is 6.42 Å². The van der Waals surface area contributed by atoms with Crippen molar-refractivity contribution in [2.24, 2.45) is 0 Å². The second-order valence-electron chi connectivity index (χ2n) is 3.69. The van der Waals surface area contributed by atoms with Crippen molar-refractivity contribution in [3.63, 3.8) is 0 Å². The Morgan fingerprint density at radius 2 is 2.12 bits per heavy atom. The molecule has 0 saturated carbocycles. The molecule has 4 N–H and O–H groups in total. The van der Waals surface area contributed by atoms with Gasteiger partial charge in [-0.15, -0.1) is 0 Å². The highest BCUT2D eigenvalue weighted by molar-refractivity contribution is 6.03. The van der Waals surface area contributed by atoms with E-state index in [9.17, 15) is 19.8 Å². The van der Waals surface area contributed by atoms with Crippen molar-refractivity contribution in [2.75, 3.05) is 6.61 Å². The van der Waals surface area contributed by atoms with Gasteiger partial charge in [0.15, 0.2) is 0 Å². The number of ether oxygens (including phenoxy) is 1. The lowest BCUT2D eigenvalue weighted by atomic mass is 10.2. The molecule has 2 aliphatic heterocycles. The van der Waals surface area contributed by atoms with Crippen LogP contribution in [0.15, 0.2) is 0 Å². The van der Waals surface area contributed by atoms with Gasteiger partial charge in [-0.2, -0.15) is 0 Å². The first kappa shape index (κ1) is 11.3. The van der Waals surface area contributed by atoms with Crippen LogP contribution in [0.3, 0.4) is 0 Å². The first-order valence-corrected chi connectivity index (χ1v) is 4.80. The molecule has 2 fully saturated rings. The Kier molecular flexibility index (Phi) is 2.80. The third-order valence-electron chi connectivity index (χ3n) is 2.66. The minimum absolute atomic E-state index is 0.0446. The Labute approximate surface area is 90.4 Å². The number of urea groups is 1. The zero-order valence-electron chi connectivity index (χ0n) is 8.24. The van der Waals surface area contributed by atoms with Gasteiger partial charge >= 0.3 is 6.03 Å². The zero-order valence-corrected chi connectivity index (χ0v) is 8.24. The lowest BCUT2D eigenvalue weighted by Gasteiger charge is -2.24. The first-order chi connectivity index (χ1) is 7.54. The summed E-state index contributed by atoms with van der Waals surface area (Å²) >= 11 is 0. The predicted octanol–water partition coefficient (Wildman–Crippen LogP) is -2.68. The Hall–Kier alpha value is -1.22. The minimum Gasteiger partial charge on any atom is -0.394 e. The third-order valence-corrected chi connectivity index (χ3v) is 2.66. The Morgan fingerprint density at radius 1 is 1.44 bits per heavy atom. The molecule has 0 radical (unpaired) electrons. The van der Waals surface area contributed by atoms with E-state index in [1.807, 2.05) is 5.32 Å². The van der Waals surface area contributed by atoms with Crippen molar-refractivity contribution in [1.82, 2.24) is 10.2 Å². The number of hydrogen-bond donors (Lipinski definition) is 4. The number of nitrogens with one attached hydrogen (secondary N) is 1. The predicted molar refractivity (Wildman–Crippen MR) is 47.8 cm³/mol. The van der Waals surface area contributed by atoms with Gasteiger partial charge in [-0.1, -0.05) is 0 Å². The highest BCUT2D eigenvalue weighted by atomic mass is 16.5. The van der Waals surface area contributed by atoms with E-state index in [4.69, 9.17) is 9.84 Å². The number of carbonyl (C=O) groups is 2. The number of rotatable bonds is 2. The number of aliphatic hydroxyl groups is 3. The van der Waals surface area contributed by atoms with Crippen molar-refractivity contribution in [3.8, 4) is 0 Å². The second kappa shape index (κ2) is 3.98. The average Bonchev–Trinajstić information content (AvgIpc) is 2.69. The van der Waals surface area contributed by atoms with Crippen LogP contribution in [-0.2, 0) is 9.53 Å². The molecule has 0 aromatic carbocycles. The molecule has 2 aliphatic rings. The van der Waals surface area contributed by atoms with E-state index in [2.05, 4.69) is 0 Å². The van der Waals surface area contributed by atoms with Gasteiger partial charge in [0.25, 0.3) is 5.91 Å². The van der Waals surface area contributed by atoms with E-state index >= 15 is 0 Å². The summed E-state index contributed by atoms with van der Waals surface area (Å²) in [4.78, 5) is 23.1. The van der Waals surface area contributed by atoms with E-state index in [1.54, 1.807) is 0 Å². The molecule has 0 aromatic heterocycles. The van der Waals surface area contributed by atoms with Crippen LogP contribution in [0, 0.1) is 0 Å². The topological polar surface area (TPSA) is 119 Å². The van der Waals surface area contributed by atoms with Gasteiger partial charge in [-0.25, -0.2) is 4.79 Å². The molecule has 0 aromatic rings. The van der Waals surface area contributed by atoms with Crippen LogP contribution < -0.4 is 5.32 Å². The number of imide groups is 1. The molecule has 3 amide bonds. The summed E-state index contributed by atoms with van der Waals surface area (Å²) in [7, 11) is 0. The highest BCUT2D eigenvalue weighted by Gasteiger charge is 2.47. The van der Waals surface area contributed by atoms with Crippen LogP contribution in [0.5, 0.6) is 0 Å². The van der Waals surface area contributed by atoms with E-state index < -0.39 is 43.2 Å². The molecule has 90 valence electrons. The molecule has 16 heavy (non-hydrogen) atoms. The second-order valence-corrected chi connectivity index (χ2v) is 3.69. The fourth-order valence-electron chi connectivity index (χ4n) is 1.81. The molecule has 8 heteroatoms. The molecule has 2 saturated heterocycles. The first-order valence-electron chi connectivity index (χ1n) is 4.80. The Morgan fingerprint density at radius 3 is 2.56 bits per heavy atom. The maximum absolute atomic E-state index is 11.3. The number of hydrogen-bond acceptors (Lipinski definition) is 6. The minimum atomic E-state index is -1.61. The van der Waals surface area contributed by atoms with Crippen molar-refractivity contribution in [3.05, 3.63) is 0 Å². The monoisotopic (exact) mass is 232 g/mol. The average molecular weight is 232 g/mol. The van der Waals surface area contributed by atoms with Gasteiger partial charge in [0, 0.05) is 6.42 Å². The molecule has 1 unspecified atom stereocenters. The Bertz CT molecular complexity index is 322. The van der Waals surface area contributed by atoms with Crippen molar-refractivity contribution in [1.29, 1.82) is 0 Å². The summed E-state index contributed by atoms with van der Waals surface area (Å²) in [6.45, 7) is -0.392. The lowest BCUT2D eigenvalue weighted by Crippen LogP contribution is -2.43. The van der Waals surface area contributed by atoms with Crippen LogP contribution in [-0.4, -0.2) is 63.4 Å². The molecular formula is C8H12N2O6. The summed E-state index contributed by atoms with van der Waals surface area (Å²) in [5, 5.41) is 29.6. The smallest absolute Gasteiger partial charge is 0.328 e. The van der Waals surface area contributed by atoms with Gasteiger partial charge in [0.2, 0.25) is 6.23 Å².